The molecule has 2 aromatic rings. The van der Waals surface area contributed by atoms with Crippen molar-refractivity contribution >= 4 is 45.7 Å². The first-order valence-electron chi connectivity index (χ1n) is 9.66. The highest BCUT2D eigenvalue weighted by atomic mass is 35.5. The summed E-state index contributed by atoms with van der Waals surface area (Å²) >= 11 is 7.25. The third-order valence-electron chi connectivity index (χ3n) is 4.68. The summed E-state index contributed by atoms with van der Waals surface area (Å²) in [4.78, 5) is 28.6. The van der Waals surface area contributed by atoms with Crippen LogP contribution < -0.4 is 16.0 Å². The van der Waals surface area contributed by atoms with E-state index in [1.807, 2.05) is 5.38 Å². The Morgan fingerprint density at radius 1 is 1.14 bits per heavy atom. The van der Waals surface area contributed by atoms with Gasteiger partial charge in [-0.15, -0.1) is 11.3 Å². The van der Waals surface area contributed by atoms with Gasteiger partial charge in [-0.2, -0.15) is 0 Å². The van der Waals surface area contributed by atoms with E-state index in [0.717, 1.165) is 18.5 Å². The second-order valence-corrected chi connectivity index (χ2v) is 8.28. The van der Waals surface area contributed by atoms with Crippen molar-refractivity contribution in [1.29, 1.82) is 0 Å². The van der Waals surface area contributed by atoms with Crippen molar-refractivity contribution < 1.29 is 9.59 Å². The molecule has 0 atom stereocenters. The number of amides is 3. The van der Waals surface area contributed by atoms with Gasteiger partial charge in [0.15, 0.2) is 5.13 Å². The minimum Gasteiger partial charge on any atom is -0.353 e. The Morgan fingerprint density at radius 2 is 1.93 bits per heavy atom. The van der Waals surface area contributed by atoms with Crippen LogP contribution in [-0.4, -0.2) is 23.0 Å². The Hall–Kier alpha value is -2.12. The Labute approximate surface area is 174 Å². The molecule has 1 heterocycles. The molecule has 1 aliphatic rings. The number of anilines is 2. The summed E-state index contributed by atoms with van der Waals surface area (Å²) in [6, 6.07) is 6.86. The van der Waals surface area contributed by atoms with Crippen LogP contribution >= 0.6 is 22.9 Å². The molecular weight excluding hydrogens is 396 g/mol. The molecule has 0 aliphatic heterocycles. The molecule has 0 bridgehead atoms. The number of halogens is 1. The van der Waals surface area contributed by atoms with Gasteiger partial charge in [0.2, 0.25) is 5.91 Å². The third kappa shape index (κ3) is 6.80. The zero-order valence-electron chi connectivity index (χ0n) is 15.7. The normalized spacial score (nSPS) is 14.9. The highest BCUT2D eigenvalue weighted by Crippen LogP contribution is 2.19. The summed E-state index contributed by atoms with van der Waals surface area (Å²) in [6.45, 7) is 0. The number of carbonyl (C=O) groups excluding carboxylic acids is 2. The first-order chi connectivity index (χ1) is 13.6. The molecule has 1 fully saturated rings. The number of nitrogens with zero attached hydrogens (tertiary/aromatic N) is 1. The molecule has 0 saturated heterocycles. The van der Waals surface area contributed by atoms with Crippen LogP contribution in [0.2, 0.25) is 5.02 Å². The minimum absolute atomic E-state index is 0.0770. The number of aromatic nitrogens is 1. The van der Waals surface area contributed by atoms with Crippen LogP contribution in [0.25, 0.3) is 0 Å². The predicted octanol–water partition coefficient (Wildman–Crippen LogP) is 5.21. The number of hydrogen-bond donors (Lipinski definition) is 3. The number of nitrogens with one attached hydrogen (secondary N) is 3. The average molecular weight is 421 g/mol. The second kappa shape index (κ2) is 10.4. The van der Waals surface area contributed by atoms with E-state index in [1.54, 1.807) is 24.3 Å². The molecule has 3 amide bonds. The molecule has 0 unspecified atom stereocenters. The monoisotopic (exact) mass is 420 g/mol. The number of urea groups is 1. The Kier molecular flexibility index (Phi) is 7.68. The SMILES string of the molecule is O=C(CCc1csc(NC(=O)Nc2cccc(Cl)c2)n1)NC1CCCCCC1. The van der Waals surface area contributed by atoms with Gasteiger partial charge in [0.25, 0.3) is 0 Å². The predicted molar refractivity (Wildman–Crippen MR) is 114 cm³/mol. The van der Waals surface area contributed by atoms with E-state index < -0.39 is 0 Å². The molecule has 1 aliphatic carbocycles. The summed E-state index contributed by atoms with van der Waals surface area (Å²) in [6.07, 6.45) is 8.07. The quantitative estimate of drug-likeness (QED) is 0.560. The highest BCUT2D eigenvalue weighted by Gasteiger charge is 2.15. The molecular formula is C20H25ClN4O2S. The molecule has 0 spiro atoms. The van der Waals surface area contributed by atoms with Crippen LogP contribution in [0.1, 0.15) is 50.6 Å². The molecule has 0 radical (unpaired) electrons. The largest absolute Gasteiger partial charge is 0.353 e. The van der Waals surface area contributed by atoms with Crippen molar-refractivity contribution in [3.63, 3.8) is 0 Å². The van der Waals surface area contributed by atoms with Crippen molar-refractivity contribution in [2.75, 3.05) is 10.6 Å². The van der Waals surface area contributed by atoms with E-state index >= 15 is 0 Å². The fourth-order valence-electron chi connectivity index (χ4n) is 3.27. The van der Waals surface area contributed by atoms with Gasteiger partial charge in [0.1, 0.15) is 0 Å². The van der Waals surface area contributed by atoms with Crippen LogP contribution in [0.15, 0.2) is 29.6 Å². The smallest absolute Gasteiger partial charge is 0.325 e. The van der Waals surface area contributed by atoms with Gasteiger partial charge in [-0.25, -0.2) is 9.78 Å². The highest BCUT2D eigenvalue weighted by molar-refractivity contribution is 7.13. The van der Waals surface area contributed by atoms with Gasteiger partial charge in [-0.1, -0.05) is 43.4 Å². The number of carbonyl (C=O) groups is 2. The van der Waals surface area contributed by atoms with Gasteiger partial charge in [-0.3, -0.25) is 10.1 Å². The van der Waals surface area contributed by atoms with Crippen molar-refractivity contribution in [3.05, 3.63) is 40.4 Å². The standard InChI is InChI=1S/C20H25ClN4O2S/c21-14-6-5-9-16(12-14)23-19(27)25-20-24-17(13-28-20)10-11-18(26)22-15-7-3-1-2-4-8-15/h5-6,9,12-13,15H,1-4,7-8,10-11H2,(H,22,26)(H2,23,24,25,27). The lowest BCUT2D eigenvalue weighted by Gasteiger charge is -2.15. The lowest BCUT2D eigenvalue weighted by atomic mass is 10.1. The molecule has 3 N–H and O–H groups in total. The Bertz CT molecular complexity index is 803. The first kappa shape index (κ1) is 20.6. The summed E-state index contributed by atoms with van der Waals surface area (Å²) in [5.74, 6) is 0.0770. The molecule has 1 saturated carbocycles. The molecule has 28 heavy (non-hydrogen) atoms. The van der Waals surface area contributed by atoms with Crippen LogP contribution in [0.4, 0.5) is 15.6 Å². The third-order valence-corrected chi connectivity index (χ3v) is 5.72. The van der Waals surface area contributed by atoms with E-state index in [-0.39, 0.29) is 11.9 Å². The van der Waals surface area contributed by atoms with Gasteiger partial charge in [0, 0.05) is 28.6 Å². The first-order valence-corrected chi connectivity index (χ1v) is 10.9. The van der Waals surface area contributed by atoms with Gasteiger partial charge in [-0.05, 0) is 37.5 Å². The molecule has 6 nitrogen and oxygen atoms in total. The maximum atomic E-state index is 12.2. The number of thiazole rings is 1. The van der Waals surface area contributed by atoms with Crippen molar-refractivity contribution in [2.24, 2.45) is 0 Å². The number of rotatable bonds is 6. The summed E-state index contributed by atoms with van der Waals surface area (Å²) in [5, 5.41) is 11.5. The molecule has 8 heteroatoms. The summed E-state index contributed by atoms with van der Waals surface area (Å²) < 4.78 is 0. The molecule has 3 rings (SSSR count). The summed E-state index contributed by atoms with van der Waals surface area (Å²) in [5.41, 5.74) is 1.41. The van der Waals surface area contributed by atoms with Crippen LogP contribution in [0.3, 0.4) is 0 Å². The van der Waals surface area contributed by atoms with Crippen molar-refractivity contribution in [2.45, 2.75) is 57.4 Å². The topological polar surface area (TPSA) is 83.1 Å². The van der Waals surface area contributed by atoms with E-state index in [4.69, 9.17) is 11.6 Å². The van der Waals surface area contributed by atoms with Gasteiger partial charge >= 0.3 is 6.03 Å². The minimum atomic E-state index is -0.380. The second-order valence-electron chi connectivity index (χ2n) is 6.99. The van der Waals surface area contributed by atoms with Gasteiger partial charge < -0.3 is 10.6 Å². The maximum Gasteiger partial charge on any atom is 0.325 e. The zero-order valence-corrected chi connectivity index (χ0v) is 17.2. The fraction of sp³-hybridized carbons (Fsp3) is 0.450. The lowest BCUT2D eigenvalue weighted by molar-refractivity contribution is -0.121. The lowest BCUT2D eigenvalue weighted by Crippen LogP contribution is -2.34. The fourth-order valence-corrected chi connectivity index (χ4v) is 4.20. The Morgan fingerprint density at radius 3 is 2.68 bits per heavy atom. The summed E-state index contributed by atoms with van der Waals surface area (Å²) in [7, 11) is 0. The van der Waals surface area contributed by atoms with Crippen LogP contribution in [-0.2, 0) is 11.2 Å². The zero-order chi connectivity index (χ0) is 19.8. The van der Waals surface area contributed by atoms with Gasteiger partial charge in [0.05, 0.1) is 5.69 Å². The molecule has 1 aromatic carbocycles. The van der Waals surface area contributed by atoms with E-state index in [0.29, 0.717) is 34.7 Å². The molecule has 150 valence electrons. The van der Waals surface area contributed by atoms with Crippen molar-refractivity contribution in [3.8, 4) is 0 Å². The number of aryl methyl sites for hydroxylation is 1. The van der Waals surface area contributed by atoms with Crippen LogP contribution in [0.5, 0.6) is 0 Å². The van der Waals surface area contributed by atoms with E-state index in [9.17, 15) is 9.59 Å². The number of benzene rings is 1. The number of hydrogen-bond acceptors (Lipinski definition) is 4. The van der Waals surface area contributed by atoms with Crippen LogP contribution in [0, 0.1) is 0 Å². The van der Waals surface area contributed by atoms with E-state index in [1.165, 1.54) is 37.0 Å². The van der Waals surface area contributed by atoms with E-state index in [2.05, 4.69) is 20.9 Å². The van der Waals surface area contributed by atoms with Crippen molar-refractivity contribution in [1.82, 2.24) is 10.3 Å². The average Bonchev–Trinajstić information content (AvgIpc) is 2.93. The Balaban J connectivity index is 1.42. The molecule has 1 aromatic heterocycles. The maximum absolute atomic E-state index is 12.2.